The summed E-state index contributed by atoms with van der Waals surface area (Å²) in [5, 5.41) is 0. The molecule has 0 fully saturated rings. The van der Waals surface area contributed by atoms with Gasteiger partial charge in [0.2, 0.25) is 0 Å². The molecule has 0 unspecified atom stereocenters. The highest BCUT2D eigenvalue weighted by atomic mass is 19.3. The maximum absolute atomic E-state index is 15.0. The van der Waals surface area contributed by atoms with Crippen LogP contribution in [-0.2, 0) is 12.5 Å². The Morgan fingerprint density at radius 1 is 0.744 bits per heavy atom. The second-order valence-electron chi connectivity index (χ2n) is 8.58. The summed E-state index contributed by atoms with van der Waals surface area (Å²) in [7, 11) is 0. The monoisotopic (exact) mass is 546 g/mol. The molecular weight excluding hydrogens is 525 g/mol. The topological polar surface area (TPSA) is 18.5 Å². The molecule has 0 aromatic heterocycles. The number of hydrogen-bond acceptors (Lipinski definition) is 2. The van der Waals surface area contributed by atoms with E-state index in [0.717, 1.165) is 30.5 Å². The molecule has 0 N–H and O–H groups in total. The highest BCUT2D eigenvalue weighted by Gasteiger charge is 2.35. The number of benzene rings is 4. The average Bonchev–Trinajstić information content (AvgIpc) is 2.88. The first-order valence-corrected chi connectivity index (χ1v) is 11.8. The highest BCUT2D eigenvalue weighted by Crippen LogP contribution is 2.36. The van der Waals surface area contributed by atoms with Crippen LogP contribution in [0.15, 0.2) is 91.2 Å². The zero-order chi connectivity index (χ0) is 28.2. The van der Waals surface area contributed by atoms with E-state index in [2.05, 4.69) is 16.4 Å². The molecule has 4 aromatic carbocycles. The van der Waals surface area contributed by atoms with E-state index in [1.165, 1.54) is 23.8 Å². The molecule has 0 spiro atoms. The highest BCUT2D eigenvalue weighted by molar-refractivity contribution is 5.71. The summed E-state index contributed by atoms with van der Waals surface area (Å²) in [5.74, 6) is -5.70. The van der Waals surface area contributed by atoms with E-state index < -0.39 is 46.7 Å². The molecule has 0 heterocycles. The third-order valence-corrected chi connectivity index (χ3v) is 5.81. The van der Waals surface area contributed by atoms with Crippen LogP contribution < -0.4 is 9.47 Å². The van der Waals surface area contributed by atoms with Crippen molar-refractivity contribution in [3.05, 3.63) is 120 Å². The zero-order valence-corrected chi connectivity index (χ0v) is 20.5. The quantitative estimate of drug-likeness (QED) is 0.154. The Hall–Kier alpha value is -4.27. The zero-order valence-electron chi connectivity index (χ0n) is 20.5. The first kappa shape index (κ1) is 27.8. The SMILES string of the molecule is CCCc1ccc(-c2ccc(-c3ccc(C(F)(F)Oc4cc(F)c(OC=C(F)F)c(F)c4)cc3)c(F)c2)cc1. The summed E-state index contributed by atoms with van der Waals surface area (Å²) < 4.78 is 105. The smallest absolute Gasteiger partial charge is 0.426 e. The lowest BCUT2D eigenvalue weighted by molar-refractivity contribution is -0.185. The van der Waals surface area contributed by atoms with Crippen LogP contribution in [0.2, 0.25) is 0 Å². The lowest BCUT2D eigenvalue weighted by Gasteiger charge is -2.19. The number of ether oxygens (including phenoxy) is 2. The Bertz CT molecular complexity index is 1450. The molecule has 2 nitrogen and oxygen atoms in total. The summed E-state index contributed by atoms with van der Waals surface area (Å²) >= 11 is 0. The predicted octanol–water partition coefficient (Wildman–Crippen LogP) is 9.64. The van der Waals surface area contributed by atoms with Crippen molar-refractivity contribution in [2.45, 2.75) is 25.9 Å². The van der Waals surface area contributed by atoms with Crippen LogP contribution in [0, 0.1) is 17.5 Å². The molecule has 0 amide bonds. The number of aryl methyl sites for hydroxylation is 1. The van der Waals surface area contributed by atoms with Crippen molar-refractivity contribution in [2.24, 2.45) is 0 Å². The second kappa shape index (κ2) is 11.6. The Kier molecular flexibility index (Phi) is 8.28. The van der Waals surface area contributed by atoms with Crippen LogP contribution in [-0.4, -0.2) is 0 Å². The maximum atomic E-state index is 15.0. The molecule has 0 saturated heterocycles. The first-order chi connectivity index (χ1) is 18.6. The van der Waals surface area contributed by atoms with Crippen molar-refractivity contribution in [1.82, 2.24) is 0 Å². The molecule has 9 heteroatoms. The molecule has 0 aliphatic heterocycles. The predicted molar refractivity (Wildman–Crippen MR) is 133 cm³/mol. The minimum absolute atomic E-state index is 0.190. The van der Waals surface area contributed by atoms with E-state index in [9.17, 15) is 30.7 Å². The van der Waals surface area contributed by atoms with Gasteiger partial charge in [-0.05, 0) is 46.9 Å². The van der Waals surface area contributed by atoms with E-state index in [1.54, 1.807) is 12.1 Å². The van der Waals surface area contributed by atoms with Crippen LogP contribution in [0.5, 0.6) is 11.5 Å². The van der Waals surface area contributed by atoms with E-state index >= 15 is 0 Å². The van der Waals surface area contributed by atoms with Gasteiger partial charge in [0.05, 0.1) is 5.56 Å². The van der Waals surface area contributed by atoms with Crippen LogP contribution in [0.25, 0.3) is 22.3 Å². The third-order valence-electron chi connectivity index (χ3n) is 5.81. The average molecular weight is 546 g/mol. The summed E-state index contributed by atoms with van der Waals surface area (Å²) in [5.41, 5.74) is 2.53. The molecule has 0 aliphatic rings. The number of alkyl halides is 2. The van der Waals surface area contributed by atoms with Gasteiger partial charge in [0.15, 0.2) is 23.6 Å². The molecular formula is C30H21F7O2. The van der Waals surface area contributed by atoms with Gasteiger partial charge in [-0.1, -0.05) is 61.9 Å². The van der Waals surface area contributed by atoms with Gasteiger partial charge in [0.1, 0.15) is 11.6 Å². The molecule has 4 rings (SSSR count). The number of halogens is 7. The minimum atomic E-state index is -4.03. The van der Waals surface area contributed by atoms with Gasteiger partial charge in [-0.2, -0.15) is 17.6 Å². The van der Waals surface area contributed by atoms with E-state index in [4.69, 9.17) is 0 Å². The fourth-order valence-corrected chi connectivity index (χ4v) is 3.94. The second-order valence-corrected chi connectivity index (χ2v) is 8.58. The fourth-order valence-electron chi connectivity index (χ4n) is 3.94. The number of hydrogen-bond donors (Lipinski definition) is 0. The Morgan fingerprint density at radius 3 is 1.90 bits per heavy atom. The van der Waals surface area contributed by atoms with Gasteiger partial charge < -0.3 is 9.47 Å². The van der Waals surface area contributed by atoms with Gasteiger partial charge in [-0.25, -0.2) is 13.2 Å². The lowest BCUT2D eigenvalue weighted by Crippen LogP contribution is -2.22. The van der Waals surface area contributed by atoms with E-state index in [0.29, 0.717) is 23.3 Å². The maximum Gasteiger partial charge on any atom is 0.426 e. The van der Waals surface area contributed by atoms with Crippen molar-refractivity contribution >= 4 is 0 Å². The summed E-state index contributed by atoms with van der Waals surface area (Å²) in [6.07, 6.45) is -4.61. The Balaban J connectivity index is 1.51. The minimum Gasteiger partial charge on any atom is -0.453 e. The van der Waals surface area contributed by atoms with Gasteiger partial charge in [-0.3, -0.25) is 0 Å². The number of rotatable bonds is 9. The normalized spacial score (nSPS) is 11.3. The molecule has 0 bridgehead atoms. The molecule has 0 radical (unpaired) electrons. The standard InChI is InChI=1S/C30H21F7O2/c1-2-3-18-4-6-19(7-5-18)21-10-13-24(25(31)14-21)20-8-11-22(12-9-20)30(36,37)39-23-15-26(32)29(27(33)16-23)38-17-28(34)35/h4-17H,2-3H2,1H3. The Labute approximate surface area is 219 Å². The van der Waals surface area contributed by atoms with Gasteiger partial charge in [0.25, 0.3) is 0 Å². The summed E-state index contributed by atoms with van der Waals surface area (Å²) in [6, 6.07) is 17.7. The van der Waals surface area contributed by atoms with Crippen LogP contribution in [0.4, 0.5) is 30.7 Å². The van der Waals surface area contributed by atoms with Crippen LogP contribution in [0.3, 0.4) is 0 Å². The fraction of sp³-hybridized carbons (Fsp3) is 0.133. The summed E-state index contributed by atoms with van der Waals surface area (Å²) in [6.45, 7) is 2.08. The van der Waals surface area contributed by atoms with Crippen molar-refractivity contribution in [1.29, 1.82) is 0 Å². The van der Waals surface area contributed by atoms with Crippen molar-refractivity contribution < 1.29 is 40.2 Å². The molecule has 0 aliphatic carbocycles. The van der Waals surface area contributed by atoms with Crippen LogP contribution >= 0.6 is 0 Å². The van der Waals surface area contributed by atoms with Gasteiger partial charge in [-0.15, -0.1) is 0 Å². The largest absolute Gasteiger partial charge is 0.453 e. The first-order valence-electron chi connectivity index (χ1n) is 11.8. The molecule has 202 valence electrons. The molecule has 0 atom stereocenters. The third kappa shape index (κ3) is 6.60. The molecule has 4 aromatic rings. The molecule has 0 saturated carbocycles. The van der Waals surface area contributed by atoms with Crippen molar-refractivity contribution in [2.75, 3.05) is 0 Å². The van der Waals surface area contributed by atoms with Gasteiger partial charge >= 0.3 is 12.2 Å². The summed E-state index contributed by atoms with van der Waals surface area (Å²) in [4.78, 5) is 0. The lowest BCUT2D eigenvalue weighted by atomic mass is 9.98. The van der Waals surface area contributed by atoms with Crippen molar-refractivity contribution in [3.63, 3.8) is 0 Å². The Morgan fingerprint density at radius 2 is 1.33 bits per heavy atom. The molecule has 39 heavy (non-hydrogen) atoms. The van der Waals surface area contributed by atoms with E-state index in [-0.39, 0.29) is 11.8 Å². The van der Waals surface area contributed by atoms with E-state index in [1.807, 2.05) is 24.3 Å². The van der Waals surface area contributed by atoms with Crippen LogP contribution in [0.1, 0.15) is 24.5 Å². The van der Waals surface area contributed by atoms with Gasteiger partial charge in [0, 0.05) is 17.7 Å². The van der Waals surface area contributed by atoms with Crippen molar-refractivity contribution in [3.8, 4) is 33.8 Å².